The van der Waals surface area contributed by atoms with Crippen molar-refractivity contribution in [3.05, 3.63) is 35.4 Å². The molecular weight excluding hydrogens is 180 g/mol. The quantitative estimate of drug-likeness (QED) is 0.572. The minimum atomic E-state index is 0.201. The molecule has 0 saturated carbocycles. The van der Waals surface area contributed by atoms with Gasteiger partial charge in [0.05, 0.1) is 0 Å². The molecule has 1 aromatic carbocycles. The zero-order valence-corrected chi connectivity index (χ0v) is 8.53. The van der Waals surface area contributed by atoms with E-state index < -0.39 is 0 Å². The zero-order valence-electron chi connectivity index (χ0n) is 7.71. The summed E-state index contributed by atoms with van der Waals surface area (Å²) in [5.74, 6) is 0.887. The minimum absolute atomic E-state index is 0.201. The van der Waals surface area contributed by atoms with Crippen molar-refractivity contribution in [1.82, 2.24) is 0 Å². The van der Waals surface area contributed by atoms with Crippen LogP contribution in [0, 0.1) is 12.3 Å². The molecule has 0 atom stereocenters. The fourth-order valence-corrected chi connectivity index (χ4v) is 1.59. The normalized spacial score (nSPS) is 9.92. The lowest BCUT2D eigenvalue weighted by molar-refractivity contribution is 1.15. The summed E-state index contributed by atoms with van der Waals surface area (Å²) in [6.07, 6.45) is 0.977. The topological polar surface area (TPSA) is 49.9 Å². The Morgan fingerprint density at radius 3 is 2.54 bits per heavy atom. The highest BCUT2D eigenvalue weighted by atomic mass is 32.2. The summed E-state index contributed by atoms with van der Waals surface area (Å²) >= 11 is 1.39. The van der Waals surface area contributed by atoms with Crippen LogP contribution in [0.2, 0.25) is 0 Å². The Bertz CT molecular complexity index is 279. The van der Waals surface area contributed by atoms with Crippen LogP contribution >= 0.6 is 11.8 Å². The van der Waals surface area contributed by atoms with Gasteiger partial charge in [-0.05, 0) is 18.9 Å². The first-order valence-electron chi connectivity index (χ1n) is 4.21. The highest BCUT2D eigenvalue weighted by molar-refractivity contribution is 8.13. The van der Waals surface area contributed by atoms with Gasteiger partial charge in [-0.3, -0.25) is 5.41 Å². The maximum absolute atomic E-state index is 7.03. The molecule has 0 unspecified atom stereocenters. The summed E-state index contributed by atoms with van der Waals surface area (Å²) in [4.78, 5) is 0. The van der Waals surface area contributed by atoms with Gasteiger partial charge >= 0.3 is 0 Å². The molecule has 0 aliphatic rings. The van der Waals surface area contributed by atoms with E-state index in [9.17, 15) is 0 Å². The molecule has 1 aromatic rings. The van der Waals surface area contributed by atoms with Gasteiger partial charge in [-0.15, -0.1) is 0 Å². The van der Waals surface area contributed by atoms with Crippen LogP contribution in [0.5, 0.6) is 0 Å². The number of thioether (sulfide) groups is 1. The Hall–Kier alpha value is -0.960. The predicted octanol–water partition coefficient (Wildman–Crippen LogP) is 2.16. The Kier molecular flexibility index (Phi) is 3.83. The minimum Gasteiger partial charge on any atom is -0.379 e. The van der Waals surface area contributed by atoms with Gasteiger partial charge in [-0.2, -0.15) is 0 Å². The Labute approximate surface area is 83.0 Å². The highest BCUT2D eigenvalue weighted by Gasteiger charge is 1.94. The van der Waals surface area contributed by atoms with E-state index in [0.717, 1.165) is 12.2 Å². The maximum Gasteiger partial charge on any atom is 0.151 e. The maximum atomic E-state index is 7.03. The van der Waals surface area contributed by atoms with Gasteiger partial charge in [-0.1, -0.05) is 41.6 Å². The molecule has 0 saturated heterocycles. The molecule has 0 spiro atoms. The first-order valence-corrected chi connectivity index (χ1v) is 5.19. The molecule has 0 bridgehead atoms. The van der Waals surface area contributed by atoms with Crippen LogP contribution in [-0.2, 0) is 6.42 Å². The van der Waals surface area contributed by atoms with Crippen molar-refractivity contribution >= 4 is 16.9 Å². The molecule has 3 N–H and O–H groups in total. The molecule has 70 valence electrons. The van der Waals surface area contributed by atoms with Gasteiger partial charge in [0.15, 0.2) is 5.17 Å². The molecule has 0 aliphatic carbocycles. The van der Waals surface area contributed by atoms with E-state index in [2.05, 4.69) is 31.2 Å². The van der Waals surface area contributed by atoms with Crippen molar-refractivity contribution in [2.24, 2.45) is 5.73 Å². The van der Waals surface area contributed by atoms with E-state index in [1.807, 2.05) is 0 Å². The average molecular weight is 194 g/mol. The van der Waals surface area contributed by atoms with Crippen LogP contribution in [0.25, 0.3) is 0 Å². The second-order valence-electron chi connectivity index (χ2n) is 2.95. The highest BCUT2D eigenvalue weighted by Crippen LogP contribution is 2.07. The fraction of sp³-hybridized carbons (Fsp3) is 0.300. The third-order valence-corrected chi connectivity index (χ3v) is 2.49. The predicted molar refractivity (Wildman–Crippen MR) is 59.3 cm³/mol. The largest absolute Gasteiger partial charge is 0.379 e. The lowest BCUT2D eigenvalue weighted by Gasteiger charge is -2.00. The summed E-state index contributed by atoms with van der Waals surface area (Å²) in [6.45, 7) is 2.08. The summed E-state index contributed by atoms with van der Waals surface area (Å²) in [5.41, 5.74) is 7.81. The molecule has 13 heavy (non-hydrogen) atoms. The van der Waals surface area contributed by atoms with Gasteiger partial charge in [0.1, 0.15) is 0 Å². The molecule has 0 heterocycles. The van der Waals surface area contributed by atoms with E-state index >= 15 is 0 Å². The van der Waals surface area contributed by atoms with Crippen LogP contribution in [-0.4, -0.2) is 10.9 Å². The smallest absolute Gasteiger partial charge is 0.151 e. The van der Waals surface area contributed by atoms with Crippen molar-refractivity contribution in [3.8, 4) is 0 Å². The average Bonchev–Trinajstić information content (AvgIpc) is 2.08. The van der Waals surface area contributed by atoms with Gasteiger partial charge in [0.25, 0.3) is 0 Å². The standard InChI is InChI=1S/C10H14N2S/c1-8-2-4-9(5-3-8)6-7-13-10(11)12/h2-5H,6-7H2,1H3,(H3,11,12). The van der Waals surface area contributed by atoms with Gasteiger partial charge in [0, 0.05) is 5.75 Å². The molecular formula is C10H14N2S. The number of nitrogens with one attached hydrogen (secondary N) is 1. The third kappa shape index (κ3) is 3.99. The molecule has 0 aliphatic heterocycles. The number of amidine groups is 1. The molecule has 0 fully saturated rings. The first-order chi connectivity index (χ1) is 6.18. The number of hydrogen-bond acceptors (Lipinski definition) is 2. The monoisotopic (exact) mass is 194 g/mol. The summed E-state index contributed by atoms with van der Waals surface area (Å²) in [6, 6.07) is 8.45. The van der Waals surface area contributed by atoms with Crippen LogP contribution in [0.3, 0.4) is 0 Å². The van der Waals surface area contributed by atoms with Crippen molar-refractivity contribution in [1.29, 1.82) is 5.41 Å². The van der Waals surface area contributed by atoms with E-state index in [4.69, 9.17) is 11.1 Å². The van der Waals surface area contributed by atoms with E-state index in [1.54, 1.807) is 0 Å². The first kappa shape index (κ1) is 10.1. The van der Waals surface area contributed by atoms with E-state index in [-0.39, 0.29) is 5.17 Å². The van der Waals surface area contributed by atoms with Crippen LogP contribution in [0.4, 0.5) is 0 Å². The summed E-state index contributed by atoms with van der Waals surface area (Å²) < 4.78 is 0. The van der Waals surface area contributed by atoms with Crippen molar-refractivity contribution in [2.45, 2.75) is 13.3 Å². The number of aryl methyl sites for hydroxylation is 2. The summed E-state index contributed by atoms with van der Waals surface area (Å²) in [5, 5.41) is 7.24. The van der Waals surface area contributed by atoms with Crippen molar-refractivity contribution in [3.63, 3.8) is 0 Å². The van der Waals surface area contributed by atoms with Crippen LogP contribution in [0.1, 0.15) is 11.1 Å². The molecule has 1 rings (SSSR count). The molecule has 0 radical (unpaired) electrons. The molecule has 3 heteroatoms. The number of hydrogen-bond donors (Lipinski definition) is 2. The zero-order chi connectivity index (χ0) is 9.68. The molecule has 0 aromatic heterocycles. The Morgan fingerprint density at radius 2 is 2.00 bits per heavy atom. The third-order valence-electron chi connectivity index (χ3n) is 1.77. The number of nitrogens with two attached hydrogens (primary N) is 1. The molecule has 2 nitrogen and oxygen atoms in total. The van der Waals surface area contributed by atoms with Crippen molar-refractivity contribution in [2.75, 3.05) is 5.75 Å². The number of rotatable bonds is 3. The Balaban J connectivity index is 2.37. The van der Waals surface area contributed by atoms with Gasteiger partial charge < -0.3 is 5.73 Å². The van der Waals surface area contributed by atoms with E-state index in [0.29, 0.717) is 0 Å². The SMILES string of the molecule is Cc1ccc(CCSC(=N)N)cc1. The van der Waals surface area contributed by atoms with Crippen molar-refractivity contribution < 1.29 is 0 Å². The van der Waals surface area contributed by atoms with Gasteiger partial charge in [-0.25, -0.2) is 0 Å². The molecule has 0 amide bonds. The van der Waals surface area contributed by atoms with Gasteiger partial charge in [0.2, 0.25) is 0 Å². The Morgan fingerprint density at radius 1 is 1.38 bits per heavy atom. The van der Waals surface area contributed by atoms with E-state index in [1.165, 1.54) is 22.9 Å². The lowest BCUT2D eigenvalue weighted by atomic mass is 10.1. The van der Waals surface area contributed by atoms with Crippen LogP contribution < -0.4 is 5.73 Å². The summed E-state index contributed by atoms with van der Waals surface area (Å²) in [7, 11) is 0. The van der Waals surface area contributed by atoms with Crippen LogP contribution in [0.15, 0.2) is 24.3 Å². The fourth-order valence-electron chi connectivity index (χ4n) is 1.03. The second kappa shape index (κ2) is 4.92. The second-order valence-corrected chi connectivity index (χ2v) is 4.09. The lowest BCUT2D eigenvalue weighted by Crippen LogP contribution is -2.05. The number of benzene rings is 1.